The second kappa shape index (κ2) is 8.21. The zero-order valence-electron chi connectivity index (χ0n) is 19.3. The van der Waals surface area contributed by atoms with E-state index in [4.69, 9.17) is 18.4 Å². The fourth-order valence-electron chi connectivity index (χ4n) is 3.59. The first-order valence-corrected chi connectivity index (χ1v) is 11.7. The zero-order valence-corrected chi connectivity index (χ0v) is 20.1. The lowest BCUT2D eigenvalue weighted by molar-refractivity contribution is -0.143. The highest BCUT2D eigenvalue weighted by atomic mass is 32.2. The van der Waals surface area contributed by atoms with Gasteiger partial charge in [-0.05, 0) is 54.9 Å². The summed E-state index contributed by atoms with van der Waals surface area (Å²) < 4.78 is 44.7. The van der Waals surface area contributed by atoms with Crippen LogP contribution in [0.15, 0.2) is 0 Å². The summed E-state index contributed by atoms with van der Waals surface area (Å²) in [6.45, 7) is 12.1. The molecule has 0 spiro atoms. The highest BCUT2D eigenvalue weighted by Gasteiger charge is 2.55. The molecule has 11 nitrogen and oxygen atoms in total. The maximum absolute atomic E-state index is 13.1. The molecule has 0 aliphatic carbocycles. The molecule has 2 saturated heterocycles. The van der Waals surface area contributed by atoms with Crippen LogP contribution in [0, 0.1) is 5.92 Å². The van der Waals surface area contributed by atoms with Gasteiger partial charge in [0.05, 0.1) is 19.4 Å². The molecular formula is C19H32N2O9S. The first-order valence-electron chi connectivity index (χ1n) is 9.92. The smallest absolute Gasteiger partial charge is 0.417 e. The summed E-state index contributed by atoms with van der Waals surface area (Å²) >= 11 is 0. The van der Waals surface area contributed by atoms with E-state index < -0.39 is 57.3 Å². The van der Waals surface area contributed by atoms with Crippen LogP contribution in [0.25, 0.3) is 0 Å². The van der Waals surface area contributed by atoms with Gasteiger partial charge in [-0.25, -0.2) is 18.7 Å². The summed E-state index contributed by atoms with van der Waals surface area (Å²) in [4.78, 5) is 40.7. The Morgan fingerprint density at radius 1 is 1.16 bits per heavy atom. The van der Waals surface area contributed by atoms with Crippen LogP contribution >= 0.6 is 0 Å². The Labute approximate surface area is 183 Å². The van der Waals surface area contributed by atoms with Crippen molar-refractivity contribution in [2.45, 2.75) is 78.0 Å². The molecule has 0 aromatic heterocycles. The van der Waals surface area contributed by atoms with E-state index in [1.54, 1.807) is 48.5 Å². The molecule has 0 N–H and O–H groups in total. The van der Waals surface area contributed by atoms with Crippen LogP contribution in [0.4, 0.5) is 9.59 Å². The lowest BCUT2D eigenvalue weighted by atomic mass is 9.96. The van der Waals surface area contributed by atoms with E-state index in [2.05, 4.69) is 0 Å². The number of carbonyl (C=O) groups is 3. The number of hydrogen-bond acceptors (Lipinski definition) is 9. The SMILES string of the molecule is CC(C)(C)OC(=O)N1C(=O)C(C(OC(=O)N2CCOC2(C)C)OS(C)(=O)=O)CC1(C)C. The molecule has 2 heterocycles. The van der Waals surface area contributed by atoms with Crippen molar-refractivity contribution in [2.75, 3.05) is 19.4 Å². The molecule has 3 amide bonds. The van der Waals surface area contributed by atoms with Gasteiger partial charge in [0.2, 0.25) is 12.2 Å². The Hall–Kier alpha value is -1.92. The minimum atomic E-state index is -4.10. The quantitative estimate of drug-likeness (QED) is 0.453. The average molecular weight is 465 g/mol. The number of carbonyl (C=O) groups excluding carboxylic acids is 3. The fourth-order valence-corrected chi connectivity index (χ4v) is 4.11. The topological polar surface area (TPSA) is 129 Å². The van der Waals surface area contributed by atoms with Crippen LogP contribution in [0.2, 0.25) is 0 Å². The Morgan fingerprint density at radius 3 is 2.19 bits per heavy atom. The Kier molecular flexibility index (Phi) is 6.71. The van der Waals surface area contributed by atoms with Crippen molar-refractivity contribution < 1.29 is 41.2 Å². The van der Waals surface area contributed by atoms with E-state index >= 15 is 0 Å². The number of rotatable bonds is 4. The van der Waals surface area contributed by atoms with Crippen molar-refractivity contribution >= 4 is 28.2 Å². The summed E-state index contributed by atoms with van der Waals surface area (Å²) in [5, 5.41) is 0. The number of nitrogens with zero attached hydrogens (tertiary/aromatic N) is 2. The van der Waals surface area contributed by atoms with Crippen molar-refractivity contribution in [1.29, 1.82) is 0 Å². The summed E-state index contributed by atoms with van der Waals surface area (Å²) in [7, 11) is -4.10. The van der Waals surface area contributed by atoms with Gasteiger partial charge in [-0.3, -0.25) is 9.69 Å². The van der Waals surface area contributed by atoms with E-state index in [0.29, 0.717) is 0 Å². The van der Waals surface area contributed by atoms with E-state index in [-0.39, 0.29) is 19.6 Å². The molecule has 31 heavy (non-hydrogen) atoms. The summed E-state index contributed by atoms with van der Waals surface area (Å²) in [6.07, 6.45) is -2.73. The number of ether oxygens (including phenoxy) is 3. The molecule has 0 radical (unpaired) electrons. The number of hydrogen-bond donors (Lipinski definition) is 0. The Balaban J connectivity index is 2.31. The van der Waals surface area contributed by atoms with Crippen LogP contribution in [-0.4, -0.2) is 78.9 Å². The predicted molar refractivity (Wildman–Crippen MR) is 108 cm³/mol. The lowest BCUT2D eigenvalue weighted by Crippen LogP contribution is -2.49. The lowest BCUT2D eigenvalue weighted by Gasteiger charge is -2.31. The molecule has 2 fully saturated rings. The van der Waals surface area contributed by atoms with Crippen molar-refractivity contribution in [2.24, 2.45) is 5.92 Å². The maximum atomic E-state index is 13.1. The molecule has 0 aromatic rings. The predicted octanol–water partition coefficient (Wildman–Crippen LogP) is 2.06. The van der Waals surface area contributed by atoms with Gasteiger partial charge in [0.1, 0.15) is 17.2 Å². The van der Waals surface area contributed by atoms with E-state index in [1.807, 2.05) is 0 Å². The summed E-state index contributed by atoms with van der Waals surface area (Å²) in [5.41, 5.74) is -2.83. The fraction of sp³-hybridized carbons (Fsp3) is 0.842. The highest BCUT2D eigenvalue weighted by Crippen LogP contribution is 2.38. The Morgan fingerprint density at radius 2 is 1.74 bits per heavy atom. The third-order valence-corrected chi connectivity index (χ3v) is 5.43. The molecule has 0 aromatic carbocycles. The van der Waals surface area contributed by atoms with Crippen LogP contribution in [0.1, 0.15) is 54.9 Å². The van der Waals surface area contributed by atoms with Crippen LogP contribution < -0.4 is 0 Å². The second-order valence-electron chi connectivity index (χ2n) is 9.78. The van der Waals surface area contributed by atoms with Crippen LogP contribution in [-0.2, 0) is 33.3 Å². The standard InChI is InChI=1S/C19H32N2O9S/c1-17(2,3)29-16(24)21-13(22)12(11-18(21,4)5)14(30-31(8,25)26)28-15(23)20-9-10-27-19(20,6)7/h12,14H,9-11H2,1-8H3. The van der Waals surface area contributed by atoms with Crippen LogP contribution in [0.5, 0.6) is 0 Å². The van der Waals surface area contributed by atoms with Gasteiger partial charge in [-0.2, -0.15) is 8.42 Å². The molecule has 2 aliphatic heterocycles. The van der Waals surface area contributed by atoms with Crippen molar-refractivity contribution in [3.8, 4) is 0 Å². The molecule has 0 saturated carbocycles. The molecule has 0 bridgehead atoms. The Bertz CT molecular complexity index is 845. The number of amides is 3. The molecular weight excluding hydrogens is 432 g/mol. The van der Waals surface area contributed by atoms with Crippen LogP contribution in [0.3, 0.4) is 0 Å². The largest absolute Gasteiger partial charge is 0.443 e. The zero-order chi connectivity index (χ0) is 24.0. The van der Waals surface area contributed by atoms with Gasteiger partial charge in [-0.1, -0.05) is 0 Å². The molecule has 178 valence electrons. The van der Waals surface area contributed by atoms with Gasteiger partial charge in [0, 0.05) is 5.54 Å². The number of imide groups is 1. The van der Waals surface area contributed by atoms with E-state index in [1.165, 1.54) is 4.90 Å². The molecule has 2 aliphatic rings. The number of likely N-dealkylation sites (tertiary alicyclic amines) is 1. The molecule has 12 heteroatoms. The normalized spacial score (nSPS) is 24.3. The van der Waals surface area contributed by atoms with E-state index in [0.717, 1.165) is 11.2 Å². The molecule has 2 atom stereocenters. The van der Waals surface area contributed by atoms with Gasteiger partial charge in [0.25, 0.3) is 10.1 Å². The highest BCUT2D eigenvalue weighted by molar-refractivity contribution is 7.86. The second-order valence-corrected chi connectivity index (χ2v) is 11.4. The third-order valence-electron chi connectivity index (χ3n) is 4.89. The first kappa shape index (κ1) is 25.3. The van der Waals surface area contributed by atoms with Gasteiger partial charge in [0.15, 0.2) is 0 Å². The molecule has 2 rings (SSSR count). The molecule has 2 unspecified atom stereocenters. The van der Waals surface area contributed by atoms with Gasteiger partial charge in [-0.15, -0.1) is 0 Å². The minimum absolute atomic E-state index is 0.00155. The van der Waals surface area contributed by atoms with Gasteiger partial charge < -0.3 is 14.2 Å². The summed E-state index contributed by atoms with van der Waals surface area (Å²) in [5.74, 6) is -1.98. The van der Waals surface area contributed by atoms with Crippen molar-refractivity contribution in [3.05, 3.63) is 0 Å². The average Bonchev–Trinajstić information content (AvgIpc) is 2.99. The van der Waals surface area contributed by atoms with Crippen molar-refractivity contribution in [3.63, 3.8) is 0 Å². The first-order chi connectivity index (χ1) is 13.8. The monoisotopic (exact) mass is 464 g/mol. The van der Waals surface area contributed by atoms with E-state index in [9.17, 15) is 22.8 Å². The van der Waals surface area contributed by atoms with Gasteiger partial charge >= 0.3 is 12.2 Å². The summed E-state index contributed by atoms with van der Waals surface area (Å²) in [6, 6.07) is 0. The minimum Gasteiger partial charge on any atom is -0.443 e. The third kappa shape index (κ3) is 6.07. The maximum Gasteiger partial charge on any atom is 0.417 e. The van der Waals surface area contributed by atoms with Crippen molar-refractivity contribution in [1.82, 2.24) is 9.80 Å².